The maximum atomic E-state index is 10.9. The molecule has 2 aromatic rings. The van der Waals surface area contributed by atoms with Gasteiger partial charge in [0.05, 0.1) is 12.0 Å². The molecule has 7 heteroatoms. The van der Waals surface area contributed by atoms with Crippen molar-refractivity contribution in [3.05, 3.63) is 67.7 Å². The van der Waals surface area contributed by atoms with E-state index < -0.39 is 4.92 Å². The Morgan fingerprint density at radius 2 is 1.83 bits per heavy atom. The van der Waals surface area contributed by atoms with Crippen molar-refractivity contribution in [3.8, 4) is 5.75 Å². The van der Waals surface area contributed by atoms with Gasteiger partial charge in [-0.1, -0.05) is 23.2 Å². The molecule has 0 aliphatic rings. The Labute approximate surface area is 144 Å². The van der Waals surface area contributed by atoms with Gasteiger partial charge in [-0.15, -0.1) is 0 Å². The van der Waals surface area contributed by atoms with E-state index >= 15 is 0 Å². The van der Waals surface area contributed by atoms with Crippen LogP contribution >= 0.6 is 23.2 Å². The molecule has 0 saturated carbocycles. The smallest absolute Gasteiger partial charge is 0.269 e. The van der Waals surface area contributed by atoms with Crippen LogP contribution in [0.2, 0.25) is 10.0 Å². The minimum atomic E-state index is -0.431. The van der Waals surface area contributed by atoms with E-state index in [1.165, 1.54) is 12.1 Å². The minimum Gasteiger partial charge on any atom is -0.496 e. The molecule has 0 N–H and O–H groups in total. The summed E-state index contributed by atoms with van der Waals surface area (Å²) in [7, 11) is 3.50. The van der Waals surface area contributed by atoms with Crippen LogP contribution < -0.4 is 4.74 Å². The monoisotopic (exact) mass is 354 g/mol. The number of hydrogen-bond acceptors (Lipinski definition) is 4. The van der Waals surface area contributed by atoms with Gasteiger partial charge >= 0.3 is 0 Å². The van der Waals surface area contributed by atoms with Crippen LogP contribution in [0.1, 0.15) is 11.1 Å². The molecule has 0 atom stereocenters. The molecule has 0 aromatic heterocycles. The topological polar surface area (TPSA) is 55.6 Å². The van der Waals surface area contributed by atoms with E-state index in [0.717, 1.165) is 11.3 Å². The molecule has 23 heavy (non-hydrogen) atoms. The zero-order valence-corrected chi connectivity index (χ0v) is 14.3. The Bertz CT molecular complexity index is 722. The fourth-order valence-corrected chi connectivity index (χ4v) is 2.68. The highest BCUT2D eigenvalue weighted by molar-refractivity contribution is 6.31. The van der Waals surface area contributed by atoms with E-state index in [-0.39, 0.29) is 5.69 Å². The molecule has 5 nitrogen and oxygen atoms in total. The number of nitrogens with zero attached hydrogens (tertiary/aromatic N) is 2. The normalized spacial score (nSPS) is 10.8. The summed E-state index contributed by atoms with van der Waals surface area (Å²) in [6.45, 7) is 1.04. The molecule has 0 saturated heterocycles. The predicted molar refractivity (Wildman–Crippen MR) is 91.3 cm³/mol. The minimum absolute atomic E-state index is 0.0261. The molecule has 0 radical (unpaired) electrons. The third kappa shape index (κ3) is 4.58. The Balaban J connectivity index is 2.17. The van der Waals surface area contributed by atoms with Gasteiger partial charge in [-0.25, -0.2) is 0 Å². The lowest BCUT2D eigenvalue weighted by atomic mass is 10.1. The molecule has 0 spiro atoms. The highest BCUT2D eigenvalue weighted by Gasteiger charge is 2.13. The van der Waals surface area contributed by atoms with E-state index in [0.29, 0.717) is 28.7 Å². The molecule has 0 amide bonds. The Morgan fingerprint density at radius 1 is 1.13 bits per heavy atom. The van der Waals surface area contributed by atoms with Crippen LogP contribution in [0, 0.1) is 10.1 Å². The molecule has 0 heterocycles. The zero-order chi connectivity index (χ0) is 17.0. The number of methoxy groups -OCH3 is 1. The average Bonchev–Trinajstić information content (AvgIpc) is 2.49. The number of rotatable bonds is 6. The quantitative estimate of drug-likeness (QED) is 0.564. The number of nitro benzene ring substituents is 1. The van der Waals surface area contributed by atoms with Gasteiger partial charge in [-0.2, -0.15) is 0 Å². The number of non-ortho nitro benzene ring substituents is 1. The summed E-state index contributed by atoms with van der Waals surface area (Å²) in [5.41, 5.74) is 1.66. The summed E-state index contributed by atoms with van der Waals surface area (Å²) in [4.78, 5) is 12.4. The molecule has 2 aromatic carbocycles. The third-order valence-electron chi connectivity index (χ3n) is 3.36. The maximum Gasteiger partial charge on any atom is 0.269 e. The molecule has 0 aliphatic carbocycles. The molecular weight excluding hydrogens is 339 g/mol. The Kier molecular flexibility index (Phi) is 5.82. The lowest BCUT2D eigenvalue weighted by Gasteiger charge is -2.19. The summed E-state index contributed by atoms with van der Waals surface area (Å²) in [6, 6.07) is 9.85. The number of benzene rings is 2. The summed E-state index contributed by atoms with van der Waals surface area (Å²) in [5, 5.41) is 12.0. The van der Waals surface area contributed by atoms with Crippen molar-refractivity contribution in [2.75, 3.05) is 14.2 Å². The van der Waals surface area contributed by atoms with Gasteiger partial charge < -0.3 is 4.74 Å². The number of ether oxygens (including phenoxy) is 1. The SMILES string of the molecule is COc1ccc(Cl)cc1CN(C)Cc1cc([N+](=O)[O-])ccc1Cl. The number of halogens is 2. The molecule has 122 valence electrons. The first kappa shape index (κ1) is 17.5. The lowest BCUT2D eigenvalue weighted by molar-refractivity contribution is -0.384. The highest BCUT2D eigenvalue weighted by Crippen LogP contribution is 2.26. The van der Waals surface area contributed by atoms with Crippen LogP contribution in [0.4, 0.5) is 5.69 Å². The number of nitro groups is 1. The lowest BCUT2D eigenvalue weighted by Crippen LogP contribution is -2.18. The van der Waals surface area contributed by atoms with Crippen LogP contribution in [0.5, 0.6) is 5.75 Å². The largest absolute Gasteiger partial charge is 0.496 e. The van der Waals surface area contributed by atoms with Crippen molar-refractivity contribution in [2.45, 2.75) is 13.1 Å². The molecule has 0 aliphatic heterocycles. The fourth-order valence-electron chi connectivity index (χ4n) is 2.30. The summed E-state index contributed by atoms with van der Waals surface area (Å²) in [6.07, 6.45) is 0. The van der Waals surface area contributed by atoms with E-state index in [4.69, 9.17) is 27.9 Å². The van der Waals surface area contributed by atoms with E-state index in [2.05, 4.69) is 0 Å². The van der Waals surface area contributed by atoms with Crippen molar-refractivity contribution >= 4 is 28.9 Å². The first-order valence-electron chi connectivity index (χ1n) is 6.84. The second-order valence-electron chi connectivity index (χ2n) is 5.16. The zero-order valence-electron chi connectivity index (χ0n) is 12.8. The van der Waals surface area contributed by atoms with Crippen LogP contribution in [0.25, 0.3) is 0 Å². The van der Waals surface area contributed by atoms with Crippen molar-refractivity contribution in [1.29, 1.82) is 0 Å². The highest BCUT2D eigenvalue weighted by atomic mass is 35.5. The van der Waals surface area contributed by atoms with Gasteiger partial charge in [-0.05, 0) is 36.9 Å². The van der Waals surface area contributed by atoms with Crippen LogP contribution in [0.15, 0.2) is 36.4 Å². The van der Waals surface area contributed by atoms with Crippen LogP contribution in [-0.2, 0) is 13.1 Å². The number of hydrogen-bond donors (Lipinski definition) is 0. The molecule has 0 bridgehead atoms. The third-order valence-corrected chi connectivity index (χ3v) is 3.97. The average molecular weight is 355 g/mol. The standard InChI is InChI=1S/C16H16Cl2N2O3/c1-19(10-12-7-13(17)3-6-16(12)23-2)9-11-8-14(20(21)22)4-5-15(11)18/h3-8H,9-10H2,1-2H3. The van der Waals surface area contributed by atoms with E-state index in [1.54, 1.807) is 19.2 Å². The van der Waals surface area contributed by atoms with Crippen molar-refractivity contribution in [1.82, 2.24) is 4.90 Å². The predicted octanol–water partition coefficient (Wildman–Crippen LogP) is 4.54. The summed E-state index contributed by atoms with van der Waals surface area (Å²) in [5.74, 6) is 0.742. The summed E-state index contributed by atoms with van der Waals surface area (Å²) >= 11 is 12.2. The van der Waals surface area contributed by atoms with Gasteiger partial charge in [0, 0.05) is 40.8 Å². The van der Waals surface area contributed by atoms with Crippen molar-refractivity contribution in [3.63, 3.8) is 0 Å². The molecular formula is C16H16Cl2N2O3. The fraction of sp³-hybridized carbons (Fsp3) is 0.250. The van der Waals surface area contributed by atoms with Crippen molar-refractivity contribution in [2.24, 2.45) is 0 Å². The van der Waals surface area contributed by atoms with Gasteiger partial charge in [-0.3, -0.25) is 15.0 Å². The van der Waals surface area contributed by atoms with E-state index in [9.17, 15) is 10.1 Å². The Hall–Kier alpha value is -1.82. The maximum absolute atomic E-state index is 10.9. The Morgan fingerprint density at radius 3 is 2.48 bits per heavy atom. The van der Waals surface area contributed by atoms with Gasteiger partial charge in [0.15, 0.2) is 0 Å². The van der Waals surface area contributed by atoms with Crippen molar-refractivity contribution < 1.29 is 9.66 Å². The second-order valence-corrected chi connectivity index (χ2v) is 6.00. The molecule has 0 unspecified atom stereocenters. The van der Waals surface area contributed by atoms with E-state index in [1.807, 2.05) is 24.1 Å². The first-order chi connectivity index (χ1) is 10.9. The first-order valence-corrected chi connectivity index (χ1v) is 7.60. The molecule has 0 fully saturated rings. The molecule has 2 rings (SSSR count). The van der Waals surface area contributed by atoms with Gasteiger partial charge in [0.25, 0.3) is 5.69 Å². The van der Waals surface area contributed by atoms with Gasteiger partial charge in [0.1, 0.15) is 5.75 Å². The second kappa shape index (κ2) is 7.64. The van der Waals surface area contributed by atoms with Crippen LogP contribution in [-0.4, -0.2) is 24.0 Å². The van der Waals surface area contributed by atoms with Crippen LogP contribution in [0.3, 0.4) is 0 Å². The van der Waals surface area contributed by atoms with Gasteiger partial charge in [0.2, 0.25) is 0 Å². The summed E-state index contributed by atoms with van der Waals surface area (Å²) < 4.78 is 5.33.